The van der Waals surface area contributed by atoms with E-state index in [1.54, 1.807) is 0 Å². The van der Waals surface area contributed by atoms with Gasteiger partial charge in [-0.05, 0) is 325 Å². The van der Waals surface area contributed by atoms with Crippen molar-refractivity contribution >= 4 is 140 Å². The zero-order valence-electron chi connectivity index (χ0n) is 86.7. The summed E-state index contributed by atoms with van der Waals surface area (Å²) in [5.74, 6) is 0. The molecular weight excluding hydrogens is 1740 g/mol. The fourth-order valence-corrected chi connectivity index (χ4v) is 23.6. The first kappa shape index (κ1) is 97.7. The Morgan fingerprint density at radius 1 is 0.110 bits per heavy atom. The average Bonchev–Trinajstić information content (AvgIpc) is 1.63. The topological polar surface area (TPSA) is 0 Å². The molecule has 0 bridgehead atoms. The van der Waals surface area contributed by atoms with E-state index in [4.69, 9.17) is 0 Å². The third-order valence-electron chi connectivity index (χ3n) is 29.3. The van der Waals surface area contributed by atoms with Gasteiger partial charge in [-0.3, -0.25) is 0 Å². The molecule has 710 valence electrons. The fourth-order valence-electron chi connectivity index (χ4n) is 23.6. The van der Waals surface area contributed by atoms with Crippen molar-refractivity contribution in [3.8, 4) is 55.6 Å². The summed E-state index contributed by atoms with van der Waals surface area (Å²) in [4.78, 5) is 0. The van der Waals surface area contributed by atoms with Gasteiger partial charge in [0.05, 0.1) is 0 Å². The molecule has 0 heterocycles. The monoisotopic (exact) mass is 1870 g/mol. The summed E-state index contributed by atoms with van der Waals surface area (Å²) in [6, 6.07) is 163. The molecule has 0 saturated carbocycles. The van der Waals surface area contributed by atoms with Gasteiger partial charge in [0.25, 0.3) is 0 Å². The van der Waals surface area contributed by atoms with Crippen LogP contribution in [-0.4, -0.2) is 0 Å². The van der Waals surface area contributed by atoms with Crippen molar-refractivity contribution in [2.24, 2.45) is 0 Å². The molecule has 25 aromatic carbocycles. The maximum absolute atomic E-state index is 2.34. The summed E-state index contributed by atoms with van der Waals surface area (Å²) in [6.07, 6.45) is 7.51. The zero-order valence-corrected chi connectivity index (χ0v) is 86.7. The smallest absolute Gasteiger partial charge is 0.000705 e. The highest BCUT2D eigenvalue weighted by Gasteiger charge is 2.29. The van der Waals surface area contributed by atoms with Gasteiger partial charge in [-0.2, -0.15) is 0 Å². The second kappa shape index (κ2) is 44.6. The van der Waals surface area contributed by atoms with Gasteiger partial charge in [0, 0.05) is 0 Å². The number of hydrogen-bond acceptors (Lipinski definition) is 0. The molecule has 0 unspecified atom stereocenters. The Morgan fingerprint density at radius 3 is 0.890 bits per heavy atom. The van der Waals surface area contributed by atoms with Gasteiger partial charge in [-0.15, -0.1) is 0 Å². The van der Waals surface area contributed by atoms with Crippen LogP contribution in [0.5, 0.6) is 0 Å². The van der Waals surface area contributed by atoms with Crippen LogP contribution < -0.4 is 0 Å². The van der Waals surface area contributed by atoms with Crippen molar-refractivity contribution in [3.05, 3.63) is 527 Å². The van der Waals surface area contributed by atoms with Crippen LogP contribution >= 0.6 is 0 Å². The molecule has 145 heavy (non-hydrogen) atoms. The van der Waals surface area contributed by atoms with Gasteiger partial charge < -0.3 is 0 Å². The molecule has 0 radical (unpaired) electrons. The summed E-state index contributed by atoms with van der Waals surface area (Å²) >= 11 is 0. The standard InChI is InChI=1S/C25H16.C21H14.C19H12.3C17H12.C15H10.7C2H6/c1-2-8-17-16(7-1)15-24-21(17)13-14-23-20-11-4-3-9-18(20)19-10-5-6-12-22(19)25(23)24;1-2-8-15-14(7-1)13-20-18-11-4-3-9-16(18)17-10-5-6-12-19(17)21(15)20;1-2-8-15-14(7-1)16-9-3-5-12-11-13-6-4-10-17(15)19(13)18(12)16;1-3-7-15-12(5-1)9-10-14-11-13-6-2-4-8-16(13)17(14)15;1-3-7-14-12(5-1)9-10-16-15-8-4-2-6-13(15)11-17(14)16;1-2-6-13-11-17-15(9-12(13)5-1)10-14-7-3-4-8-16(14)17;1-3-10-7-8-11-4-2-6-13-9-12(5-1)14(10)15(11)13;7*1-2/h1-14H,15H2;1-12H,13H2;1-10H,11H2;2*1-10H,11H2;1-9,11H,10H2;1-8H,9H2;7*1-2H3. The predicted octanol–water partition coefficient (Wildman–Crippen LogP) is 41.6. The molecule has 0 spiro atoms. The Morgan fingerprint density at radius 2 is 0.379 bits per heavy atom. The molecule has 25 aromatic rings. The van der Waals surface area contributed by atoms with E-state index in [0.29, 0.717) is 0 Å². The van der Waals surface area contributed by atoms with Crippen LogP contribution in [0.1, 0.15) is 175 Å². The van der Waals surface area contributed by atoms with Crippen LogP contribution in [0.15, 0.2) is 449 Å². The molecule has 0 atom stereocenters. The van der Waals surface area contributed by atoms with E-state index in [9.17, 15) is 0 Å². The summed E-state index contributed by atoms with van der Waals surface area (Å²) in [5.41, 5.74) is 34.8. The van der Waals surface area contributed by atoms with E-state index in [-0.39, 0.29) is 0 Å². The minimum atomic E-state index is 1.03. The van der Waals surface area contributed by atoms with E-state index in [0.717, 1.165) is 44.9 Å². The minimum absolute atomic E-state index is 1.03. The second-order valence-corrected chi connectivity index (χ2v) is 36.4. The quantitative estimate of drug-likeness (QED) is 0.133. The molecule has 32 rings (SSSR count). The van der Waals surface area contributed by atoms with Crippen LogP contribution in [0.3, 0.4) is 0 Å². The molecule has 0 aromatic heterocycles. The van der Waals surface area contributed by atoms with Crippen molar-refractivity contribution in [2.75, 3.05) is 0 Å². The molecular formula is C145H130. The van der Waals surface area contributed by atoms with Crippen LogP contribution in [0.2, 0.25) is 0 Å². The second-order valence-electron chi connectivity index (χ2n) is 36.4. The molecule has 0 N–H and O–H groups in total. The van der Waals surface area contributed by atoms with Crippen LogP contribution in [-0.2, 0) is 44.9 Å². The van der Waals surface area contributed by atoms with E-state index in [1.807, 2.05) is 96.9 Å². The first-order valence-electron chi connectivity index (χ1n) is 53.5. The summed E-state index contributed by atoms with van der Waals surface area (Å²) < 4.78 is 0. The minimum Gasteiger partial charge on any atom is -0.0683 e. The number of fused-ring (bicyclic) bond motifs is 35. The van der Waals surface area contributed by atoms with Gasteiger partial charge in [0.15, 0.2) is 0 Å². The molecule has 7 aliphatic rings. The summed E-state index contributed by atoms with van der Waals surface area (Å²) in [7, 11) is 0. The molecule has 0 amide bonds. The van der Waals surface area contributed by atoms with Crippen LogP contribution in [0, 0.1) is 0 Å². The van der Waals surface area contributed by atoms with E-state index in [1.165, 1.54) is 274 Å². The zero-order chi connectivity index (χ0) is 100. The number of benzene rings is 25. The van der Waals surface area contributed by atoms with E-state index in [2.05, 4.69) is 449 Å². The molecule has 7 aliphatic carbocycles. The van der Waals surface area contributed by atoms with E-state index < -0.39 is 0 Å². The highest BCUT2D eigenvalue weighted by atomic mass is 14.3. The van der Waals surface area contributed by atoms with Gasteiger partial charge in [-0.1, -0.05) is 540 Å². The first-order chi connectivity index (χ1) is 72.0. The lowest BCUT2D eigenvalue weighted by Crippen LogP contribution is -1.89. The SMILES string of the molecule is CC.CC.CC.CC.CC.CC.CC.c1cc2c3c(c1)ccc1cccc(c13)C2.c1ccc2c(c1)Cc1c-2c2ccccc2c2ccccc12.c1ccc2c(c1)Cc1c-2ccc2c3ccccc3c3ccccc3c12.c1ccc2c(c1)Cc1c-2ccc2ccccc12.c1ccc2c(c1)Cc1cc3ccccc3cc1-2.c1ccc2c(c1)Cc1ccc3ccccc3c1-2.c1ccc2c(c1)c1cccc3c1c1c(cccc21)C3. The van der Waals surface area contributed by atoms with Gasteiger partial charge in [-0.25, -0.2) is 0 Å². The predicted molar refractivity (Wildman–Crippen MR) is 639 cm³/mol. The Kier molecular flexibility index (Phi) is 30.0. The molecule has 0 fully saturated rings. The lowest BCUT2D eigenvalue weighted by Gasteiger charge is -2.13. The Bertz CT molecular complexity index is 8890. The summed E-state index contributed by atoms with van der Waals surface area (Å²) in [6.45, 7) is 28.0. The summed E-state index contributed by atoms with van der Waals surface area (Å²) in [5, 5.41) is 36.2. The lowest BCUT2D eigenvalue weighted by molar-refractivity contribution is 1.27. The molecule has 0 aliphatic heterocycles. The van der Waals surface area contributed by atoms with Crippen molar-refractivity contribution in [1.29, 1.82) is 0 Å². The van der Waals surface area contributed by atoms with Crippen molar-refractivity contribution in [2.45, 2.75) is 142 Å². The third kappa shape index (κ3) is 18.1. The molecule has 0 heteroatoms. The Hall–Kier alpha value is -16.1. The maximum atomic E-state index is 2.34. The maximum Gasteiger partial charge on any atom is -0.000705 e. The van der Waals surface area contributed by atoms with Gasteiger partial charge >= 0.3 is 0 Å². The fraction of sp³-hybridized carbons (Fsp3) is 0.145. The van der Waals surface area contributed by atoms with Gasteiger partial charge in [0.2, 0.25) is 0 Å². The lowest BCUT2D eigenvalue weighted by atomic mass is 9.90. The number of hydrogen-bond donors (Lipinski definition) is 0. The van der Waals surface area contributed by atoms with Crippen LogP contribution in [0.25, 0.3) is 196 Å². The van der Waals surface area contributed by atoms with Crippen LogP contribution in [0.4, 0.5) is 0 Å². The Labute approximate surface area is 858 Å². The highest BCUT2D eigenvalue weighted by Crippen LogP contribution is 2.51. The normalized spacial score (nSPS) is 11.7. The van der Waals surface area contributed by atoms with Crippen molar-refractivity contribution < 1.29 is 0 Å². The average molecular weight is 1870 g/mol. The van der Waals surface area contributed by atoms with Gasteiger partial charge in [0.1, 0.15) is 0 Å². The third-order valence-corrected chi connectivity index (χ3v) is 29.3. The molecule has 0 nitrogen and oxygen atoms in total. The highest BCUT2D eigenvalue weighted by molar-refractivity contribution is 6.29. The largest absolute Gasteiger partial charge is 0.0683 e. The van der Waals surface area contributed by atoms with E-state index >= 15 is 0 Å². The van der Waals surface area contributed by atoms with Crippen molar-refractivity contribution in [3.63, 3.8) is 0 Å². The number of rotatable bonds is 0. The van der Waals surface area contributed by atoms with Crippen molar-refractivity contribution in [1.82, 2.24) is 0 Å². The molecule has 0 saturated heterocycles. The Balaban J connectivity index is 0.000000105. The first-order valence-corrected chi connectivity index (χ1v) is 53.5.